The molecule has 1 aliphatic rings. The second-order valence-corrected chi connectivity index (χ2v) is 8.64. The first-order valence-electron chi connectivity index (χ1n) is 8.75. The van der Waals surface area contributed by atoms with E-state index in [4.69, 9.17) is 5.11 Å². The van der Waals surface area contributed by atoms with Gasteiger partial charge in [0.1, 0.15) is 0 Å². The van der Waals surface area contributed by atoms with Crippen LogP contribution in [-0.4, -0.2) is 24.1 Å². The van der Waals surface area contributed by atoms with Gasteiger partial charge in [-0.15, -0.1) is 0 Å². The summed E-state index contributed by atoms with van der Waals surface area (Å²) in [6, 6.07) is 10.8. The maximum absolute atomic E-state index is 12.8. The molecule has 3 aromatic rings. The van der Waals surface area contributed by atoms with E-state index in [1.807, 2.05) is 0 Å². The summed E-state index contributed by atoms with van der Waals surface area (Å²) in [7, 11) is -3.77. The fourth-order valence-corrected chi connectivity index (χ4v) is 4.66. The zero-order valence-corrected chi connectivity index (χ0v) is 15.9. The third-order valence-corrected chi connectivity index (χ3v) is 6.43. The Morgan fingerprint density at radius 2 is 1.89 bits per heavy atom. The van der Waals surface area contributed by atoms with Gasteiger partial charge < -0.3 is 9.67 Å². The number of sulfonamides is 1. The molecule has 0 saturated carbocycles. The van der Waals surface area contributed by atoms with Gasteiger partial charge in [-0.25, -0.2) is 17.9 Å². The number of carboxylic acid groups (broad SMARTS) is 1. The number of carbonyl (C=O) groups is 1. The number of carboxylic acids is 1. The van der Waals surface area contributed by atoms with E-state index in [0.29, 0.717) is 18.5 Å². The van der Waals surface area contributed by atoms with Crippen molar-refractivity contribution in [3.8, 4) is 0 Å². The highest BCUT2D eigenvalue weighted by Gasteiger charge is 2.22. The molecule has 0 radical (unpaired) electrons. The lowest BCUT2D eigenvalue weighted by molar-refractivity contribution is 0.0697. The molecule has 0 unspecified atom stereocenters. The molecular formula is C20H18N2O5S. The van der Waals surface area contributed by atoms with E-state index in [-0.39, 0.29) is 22.6 Å². The molecule has 2 heterocycles. The van der Waals surface area contributed by atoms with E-state index >= 15 is 0 Å². The lowest BCUT2D eigenvalue weighted by Crippen LogP contribution is -2.23. The minimum atomic E-state index is -3.77. The standard InChI is InChI=1S/C20H18N2O5S/c1-12-8-18(23)22-7-6-15-9-16(10-17(12)19(15)22)28(26,27)21-11-13-2-4-14(5-3-13)20(24)25/h2-5,8-10,21H,6-7,11H2,1H3,(H,24,25). The van der Waals surface area contributed by atoms with Crippen LogP contribution in [0.3, 0.4) is 0 Å². The molecule has 4 rings (SSSR count). The summed E-state index contributed by atoms with van der Waals surface area (Å²) in [5.41, 5.74) is 3.15. The number of nitrogens with zero attached hydrogens (tertiary/aromatic N) is 1. The highest BCUT2D eigenvalue weighted by atomic mass is 32.2. The normalized spacial score (nSPS) is 13.2. The molecule has 0 saturated heterocycles. The van der Waals surface area contributed by atoms with Gasteiger partial charge in [0.2, 0.25) is 10.0 Å². The molecule has 0 atom stereocenters. The molecule has 144 valence electrons. The van der Waals surface area contributed by atoms with Crippen LogP contribution < -0.4 is 10.3 Å². The summed E-state index contributed by atoms with van der Waals surface area (Å²) in [5.74, 6) is -1.03. The average molecular weight is 398 g/mol. The van der Waals surface area contributed by atoms with Crippen molar-refractivity contribution in [2.75, 3.05) is 0 Å². The molecule has 28 heavy (non-hydrogen) atoms. The number of hydrogen-bond acceptors (Lipinski definition) is 4. The minimum Gasteiger partial charge on any atom is -0.478 e. The topological polar surface area (TPSA) is 105 Å². The molecule has 0 amide bonds. The van der Waals surface area contributed by atoms with Crippen molar-refractivity contribution in [2.45, 2.75) is 31.3 Å². The van der Waals surface area contributed by atoms with Crippen LogP contribution in [0.5, 0.6) is 0 Å². The monoisotopic (exact) mass is 398 g/mol. The zero-order valence-electron chi connectivity index (χ0n) is 15.1. The summed E-state index contributed by atoms with van der Waals surface area (Å²) < 4.78 is 29.9. The van der Waals surface area contributed by atoms with E-state index in [1.54, 1.807) is 35.8 Å². The second kappa shape index (κ2) is 6.57. The van der Waals surface area contributed by atoms with E-state index in [0.717, 1.165) is 22.0 Å². The van der Waals surface area contributed by atoms with Crippen molar-refractivity contribution in [3.63, 3.8) is 0 Å². The second-order valence-electron chi connectivity index (χ2n) is 6.87. The Balaban J connectivity index is 1.66. The first-order valence-corrected chi connectivity index (χ1v) is 10.2. The largest absolute Gasteiger partial charge is 0.478 e. The van der Waals surface area contributed by atoms with Gasteiger partial charge in [-0.2, -0.15) is 0 Å². The number of rotatable bonds is 5. The number of aromatic nitrogens is 1. The zero-order chi connectivity index (χ0) is 20.1. The molecule has 0 aliphatic carbocycles. The predicted octanol–water partition coefficient (Wildman–Crippen LogP) is 2.04. The molecule has 2 N–H and O–H groups in total. The molecule has 8 heteroatoms. The fraction of sp³-hybridized carbons (Fsp3) is 0.200. The van der Waals surface area contributed by atoms with Gasteiger partial charge in [0.25, 0.3) is 5.56 Å². The average Bonchev–Trinajstić information content (AvgIpc) is 3.09. The van der Waals surface area contributed by atoms with Gasteiger partial charge in [-0.05, 0) is 54.3 Å². The van der Waals surface area contributed by atoms with Gasteiger partial charge in [0.15, 0.2) is 0 Å². The molecule has 0 bridgehead atoms. The first-order chi connectivity index (χ1) is 13.3. The number of hydrogen-bond donors (Lipinski definition) is 2. The first kappa shape index (κ1) is 18.4. The number of benzene rings is 2. The summed E-state index contributed by atoms with van der Waals surface area (Å²) in [5, 5.41) is 9.70. The number of nitrogens with one attached hydrogen (secondary N) is 1. The van der Waals surface area contributed by atoms with Crippen LogP contribution in [0.2, 0.25) is 0 Å². The van der Waals surface area contributed by atoms with Crippen molar-refractivity contribution in [1.82, 2.24) is 9.29 Å². The Labute approximate surface area is 161 Å². The fourth-order valence-electron chi connectivity index (χ4n) is 3.56. The minimum absolute atomic E-state index is 0.0497. The summed E-state index contributed by atoms with van der Waals surface area (Å²) in [4.78, 5) is 23.2. The smallest absolute Gasteiger partial charge is 0.335 e. The summed E-state index contributed by atoms with van der Waals surface area (Å²) in [6.07, 6.45) is 0.620. The quantitative estimate of drug-likeness (QED) is 0.684. The Kier molecular flexibility index (Phi) is 4.32. The maximum atomic E-state index is 12.8. The van der Waals surface area contributed by atoms with Crippen molar-refractivity contribution in [1.29, 1.82) is 0 Å². The third-order valence-electron chi connectivity index (χ3n) is 5.05. The lowest BCUT2D eigenvalue weighted by Gasteiger charge is -2.11. The molecule has 1 aromatic heterocycles. The van der Waals surface area contributed by atoms with Gasteiger partial charge in [0.05, 0.1) is 16.0 Å². The van der Waals surface area contributed by atoms with Crippen LogP contribution >= 0.6 is 0 Å². The van der Waals surface area contributed by atoms with E-state index in [2.05, 4.69) is 4.72 Å². The Morgan fingerprint density at radius 3 is 2.57 bits per heavy atom. The van der Waals surface area contributed by atoms with Crippen LogP contribution in [0.1, 0.15) is 27.0 Å². The number of aryl methyl sites for hydroxylation is 3. The van der Waals surface area contributed by atoms with Crippen molar-refractivity contribution >= 4 is 26.9 Å². The van der Waals surface area contributed by atoms with E-state index in [9.17, 15) is 18.0 Å². The van der Waals surface area contributed by atoms with Gasteiger partial charge >= 0.3 is 5.97 Å². The van der Waals surface area contributed by atoms with E-state index in [1.165, 1.54) is 18.2 Å². The molecule has 0 spiro atoms. The van der Waals surface area contributed by atoms with Crippen LogP contribution in [0.25, 0.3) is 10.9 Å². The number of aromatic carboxylic acids is 1. The highest BCUT2D eigenvalue weighted by molar-refractivity contribution is 7.89. The number of pyridine rings is 1. The SMILES string of the molecule is Cc1cc(=O)n2c3c(cc(S(=O)(=O)NCc4ccc(C(=O)O)cc4)cc13)CC2. The summed E-state index contributed by atoms with van der Waals surface area (Å²) in [6.45, 7) is 2.41. The van der Waals surface area contributed by atoms with E-state index < -0.39 is 16.0 Å². The van der Waals surface area contributed by atoms with Crippen molar-refractivity contribution in [2.24, 2.45) is 0 Å². The Hall–Kier alpha value is -2.97. The summed E-state index contributed by atoms with van der Waals surface area (Å²) >= 11 is 0. The Bertz CT molecular complexity index is 1270. The predicted molar refractivity (Wildman–Crippen MR) is 104 cm³/mol. The van der Waals surface area contributed by atoms with Gasteiger partial charge in [0, 0.05) is 24.5 Å². The van der Waals surface area contributed by atoms with Crippen LogP contribution in [-0.2, 0) is 29.5 Å². The molecule has 1 aliphatic heterocycles. The van der Waals surface area contributed by atoms with Crippen molar-refractivity contribution < 1.29 is 18.3 Å². The molecule has 0 fully saturated rings. The van der Waals surface area contributed by atoms with Crippen LogP contribution in [0, 0.1) is 6.92 Å². The highest BCUT2D eigenvalue weighted by Crippen LogP contribution is 2.29. The van der Waals surface area contributed by atoms with Crippen molar-refractivity contribution in [3.05, 3.63) is 75.1 Å². The van der Waals surface area contributed by atoms with Crippen LogP contribution in [0.15, 0.2) is 52.2 Å². The van der Waals surface area contributed by atoms with Gasteiger partial charge in [-0.1, -0.05) is 12.1 Å². The van der Waals surface area contributed by atoms with Crippen LogP contribution in [0.4, 0.5) is 0 Å². The lowest BCUT2D eigenvalue weighted by atomic mass is 10.1. The molecular weight excluding hydrogens is 380 g/mol. The van der Waals surface area contributed by atoms with Gasteiger partial charge in [-0.3, -0.25) is 4.79 Å². The molecule has 2 aromatic carbocycles. The maximum Gasteiger partial charge on any atom is 0.335 e. The molecule has 7 nitrogen and oxygen atoms in total. The third kappa shape index (κ3) is 3.10. The Morgan fingerprint density at radius 1 is 1.18 bits per heavy atom.